The van der Waals surface area contributed by atoms with Gasteiger partial charge in [0.15, 0.2) is 0 Å². The van der Waals surface area contributed by atoms with Crippen LogP contribution in [0.25, 0.3) is 0 Å². The quantitative estimate of drug-likeness (QED) is 0.676. The van der Waals surface area contributed by atoms with Crippen LogP contribution in [-0.2, 0) is 4.79 Å². The molecule has 2 aliphatic rings. The van der Waals surface area contributed by atoms with Crippen LogP contribution in [0.1, 0.15) is 26.7 Å². The van der Waals surface area contributed by atoms with E-state index < -0.39 is 5.54 Å². The van der Waals surface area contributed by atoms with Crippen molar-refractivity contribution in [3.05, 3.63) is 0 Å². The normalized spacial score (nSPS) is 22.9. The van der Waals surface area contributed by atoms with Crippen LogP contribution in [0.5, 0.6) is 0 Å². The second-order valence-electron chi connectivity index (χ2n) is 5.11. The van der Waals surface area contributed by atoms with Crippen LogP contribution in [0.3, 0.4) is 0 Å². The maximum atomic E-state index is 11.9. The van der Waals surface area contributed by atoms with Crippen molar-refractivity contribution in [1.82, 2.24) is 9.80 Å². The largest absolute Gasteiger partial charge is 0.327 e. The molecule has 2 fully saturated rings. The van der Waals surface area contributed by atoms with Crippen molar-refractivity contribution in [3.63, 3.8) is 0 Å². The van der Waals surface area contributed by atoms with Gasteiger partial charge in [-0.1, -0.05) is 0 Å². The van der Waals surface area contributed by atoms with Gasteiger partial charge in [0.1, 0.15) is 6.54 Å². The molecule has 0 aromatic heterocycles. The number of nitrogens with two attached hydrogens (primary N) is 1. The fraction of sp³-hybridized carbons (Fsp3) is 0.800. The van der Waals surface area contributed by atoms with Crippen LogP contribution in [0.15, 0.2) is 0 Å². The highest BCUT2D eigenvalue weighted by molar-refractivity contribution is 6.02. The first kappa shape index (κ1) is 10.4. The summed E-state index contributed by atoms with van der Waals surface area (Å²) in [6.07, 6.45) is 2.05. The number of carbonyl (C=O) groups is 2. The average molecular weight is 211 g/mol. The summed E-state index contributed by atoms with van der Waals surface area (Å²) in [4.78, 5) is 26.4. The lowest BCUT2D eigenvalue weighted by molar-refractivity contribution is -0.125. The summed E-state index contributed by atoms with van der Waals surface area (Å²) in [5, 5.41) is 0. The van der Waals surface area contributed by atoms with Crippen molar-refractivity contribution in [2.75, 3.05) is 13.1 Å². The average Bonchev–Trinajstić information content (AvgIpc) is 2.87. The monoisotopic (exact) mass is 211 g/mol. The number of hydrogen-bond donors (Lipinski definition) is 1. The Hall–Kier alpha value is -1.10. The maximum absolute atomic E-state index is 11.9. The molecule has 2 rings (SSSR count). The van der Waals surface area contributed by atoms with Gasteiger partial charge in [0.25, 0.3) is 0 Å². The van der Waals surface area contributed by atoms with Gasteiger partial charge in [-0.15, -0.1) is 0 Å². The van der Waals surface area contributed by atoms with E-state index in [1.54, 1.807) is 4.90 Å². The van der Waals surface area contributed by atoms with E-state index in [1.165, 1.54) is 4.90 Å². The zero-order valence-corrected chi connectivity index (χ0v) is 9.19. The third kappa shape index (κ3) is 2.12. The van der Waals surface area contributed by atoms with E-state index in [0.29, 0.717) is 12.6 Å². The first-order valence-corrected chi connectivity index (χ1v) is 5.28. The summed E-state index contributed by atoms with van der Waals surface area (Å²) >= 11 is 0. The summed E-state index contributed by atoms with van der Waals surface area (Å²) in [5.41, 5.74) is 5.29. The topological polar surface area (TPSA) is 66.6 Å². The Morgan fingerprint density at radius 3 is 2.47 bits per heavy atom. The van der Waals surface area contributed by atoms with Crippen LogP contribution in [0, 0.1) is 0 Å². The molecule has 2 N–H and O–H groups in total. The van der Waals surface area contributed by atoms with Gasteiger partial charge in [0, 0.05) is 18.1 Å². The number of carbonyl (C=O) groups excluding carboxylic acids is 2. The minimum absolute atomic E-state index is 0.120. The fourth-order valence-corrected chi connectivity index (χ4v) is 1.80. The minimum Gasteiger partial charge on any atom is -0.324 e. The molecule has 1 saturated carbocycles. The Labute approximate surface area is 89.2 Å². The van der Waals surface area contributed by atoms with Crippen LogP contribution >= 0.6 is 0 Å². The van der Waals surface area contributed by atoms with E-state index in [1.807, 2.05) is 13.8 Å². The third-order valence-corrected chi connectivity index (χ3v) is 2.64. The van der Waals surface area contributed by atoms with E-state index in [-0.39, 0.29) is 18.5 Å². The third-order valence-electron chi connectivity index (χ3n) is 2.64. The highest BCUT2D eigenvalue weighted by Crippen LogP contribution is 2.30. The summed E-state index contributed by atoms with van der Waals surface area (Å²) < 4.78 is 0. The number of nitrogens with zero attached hydrogens (tertiary/aromatic N) is 2. The molecule has 1 aliphatic carbocycles. The van der Waals surface area contributed by atoms with Crippen molar-refractivity contribution < 1.29 is 9.59 Å². The van der Waals surface area contributed by atoms with Crippen molar-refractivity contribution >= 4 is 11.9 Å². The Kier molecular flexibility index (Phi) is 2.22. The van der Waals surface area contributed by atoms with E-state index in [4.69, 9.17) is 5.73 Å². The SMILES string of the molecule is CC(C)(N)CN1C(=O)CN(C2CC2)C1=O. The molecule has 0 radical (unpaired) electrons. The first-order valence-electron chi connectivity index (χ1n) is 5.28. The molecule has 0 bridgehead atoms. The minimum atomic E-state index is -0.523. The van der Waals surface area contributed by atoms with Crippen molar-refractivity contribution in [3.8, 4) is 0 Å². The van der Waals surface area contributed by atoms with E-state index in [0.717, 1.165) is 12.8 Å². The van der Waals surface area contributed by atoms with Gasteiger partial charge in [-0.2, -0.15) is 0 Å². The van der Waals surface area contributed by atoms with Crippen molar-refractivity contribution in [1.29, 1.82) is 0 Å². The molecule has 0 unspecified atom stereocenters. The Bertz CT molecular complexity index is 304. The number of hydrogen-bond acceptors (Lipinski definition) is 3. The lowest BCUT2D eigenvalue weighted by Gasteiger charge is -2.24. The first-order chi connectivity index (χ1) is 6.88. The second kappa shape index (κ2) is 3.20. The molecule has 0 aromatic carbocycles. The highest BCUT2D eigenvalue weighted by atomic mass is 16.2. The van der Waals surface area contributed by atoms with Gasteiger partial charge >= 0.3 is 6.03 Å². The van der Waals surface area contributed by atoms with Crippen molar-refractivity contribution in [2.45, 2.75) is 38.3 Å². The summed E-state index contributed by atoms with van der Waals surface area (Å²) in [6, 6.07) is 0.133. The number of imide groups is 1. The Balaban J connectivity index is 2.06. The lowest BCUT2D eigenvalue weighted by atomic mass is 10.1. The maximum Gasteiger partial charge on any atom is 0.327 e. The van der Waals surface area contributed by atoms with Gasteiger partial charge in [-0.25, -0.2) is 4.79 Å². The smallest absolute Gasteiger partial charge is 0.324 e. The zero-order chi connectivity index (χ0) is 11.2. The van der Waals surface area contributed by atoms with Gasteiger partial charge in [-0.05, 0) is 26.7 Å². The molecule has 5 heteroatoms. The van der Waals surface area contributed by atoms with Crippen LogP contribution in [0.4, 0.5) is 4.79 Å². The molecule has 0 aromatic rings. The summed E-state index contributed by atoms with van der Waals surface area (Å²) in [5.74, 6) is -0.120. The Morgan fingerprint density at radius 1 is 1.40 bits per heavy atom. The summed E-state index contributed by atoms with van der Waals surface area (Å²) in [7, 11) is 0. The van der Waals surface area contributed by atoms with E-state index in [2.05, 4.69) is 0 Å². The van der Waals surface area contributed by atoms with Gasteiger partial charge in [0.2, 0.25) is 5.91 Å². The van der Waals surface area contributed by atoms with Gasteiger partial charge < -0.3 is 10.6 Å². The van der Waals surface area contributed by atoms with Crippen LogP contribution < -0.4 is 5.73 Å². The van der Waals surface area contributed by atoms with Crippen LogP contribution in [-0.4, -0.2) is 46.4 Å². The standard InChI is InChI=1S/C10H17N3O2/c1-10(2,11)6-13-8(14)5-12(9(13)15)7-3-4-7/h7H,3-6,11H2,1-2H3. The molecule has 1 saturated heterocycles. The second-order valence-corrected chi connectivity index (χ2v) is 5.11. The molecule has 5 nitrogen and oxygen atoms in total. The lowest BCUT2D eigenvalue weighted by Crippen LogP contribution is -2.48. The number of rotatable bonds is 3. The summed E-state index contributed by atoms with van der Waals surface area (Å²) in [6.45, 7) is 4.16. The molecular formula is C10H17N3O2. The van der Waals surface area contributed by atoms with Gasteiger partial charge in [0.05, 0.1) is 0 Å². The molecule has 84 valence electrons. The fourth-order valence-electron chi connectivity index (χ4n) is 1.80. The molecular weight excluding hydrogens is 194 g/mol. The Morgan fingerprint density at radius 2 is 2.00 bits per heavy atom. The zero-order valence-electron chi connectivity index (χ0n) is 9.19. The molecule has 15 heavy (non-hydrogen) atoms. The molecule has 3 amide bonds. The highest BCUT2D eigenvalue weighted by Gasteiger charge is 2.44. The molecule has 0 atom stereocenters. The van der Waals surface area contributed by atoms with E-state index in [9.17, 15) is 9.59 Å². The number of urea groups is 1. The molecule has 0 spiro atoms. The predicted molar refractivity (Wildman–Crippen MR) is 55.1 cm³/mol. The molecule has 1 heterocycles. The van der Waals surface area contributed by atoms with Gasteiger partial charge in [-0.3, -0.25) is 9.69 Å². The van der Waals surface area contributed by atoms with Crippen LogP contribution in [0.2, 0.25) is 0 Å². The predicted octanol–water partition coefficient (Wildman–Crippen LogP) is 0.150. The van der Waals surface area contributed by atoms with Crippen molar-refractivity contribution in [2.24, 2.45) is 5.73 Å². The molecule has 1 aliphatic heterocycles. The number of amides is 3. The van der Waals surface area contributed by atoms with E-state index >= 15 is 0 Å².